The van der Waals surface area contributed by atoms with Crippen molar-refractivity contribution in [2.24, 2.45) is 11.6 Å². The highest BCUT2D eigenvalue weighted by molar-refractivity contribution is 5.91. The number of pyridine rings is 1. The van der Waals surface area contributed by atoms with E-state index in [1.807, 2.05) is 18.2 Å². The highest BCUT2D eigenvalue weighted by Crippen LogP contribution is 2.35. The number of nitrogens with one attached hydrogen (secondary N) is 1. The molecular formula is C23H25N5O4. The monoisotopic (exact) mass is 435 g/mol. The normalized spacial score (nSPS) is 16.3. The number of ether oxygens (including phenoxy) is 3. The number of para-hydroxylation sites is 1. The van der Waals surface area contributed by atoms with Crippen LogP contribution in [-0.4, -0.2) is 38.1 Å². The van der Waals surface area contributed by atoms with E-state index in [2.05, 4.69) is 9.88 Å². The Morgan fingerprint density at radius 3 is 2.88 bits per heavy atom. The maximum Gasteiger partial charge on any atom is 0.231 e. The van der Waals surface area contributed by atoms with Crippen molar-refractivity contribution in [1.29, 1.82) is 0 Å². The van der Waals surface area contributed by atoms with Gasteiger partial charge in [0.25, 0.3) is 0 Å². The van der Waals surface area contributed by atoms with Gasteiger partial charge in [0.15, 0.2) is 16.9 Å². The molecule has 0 radical (unpaired) electrons. The Balaban J connectivity index is 1.51. The fourth-order valence-electron chi connectivity index (χ4n) is 4.00. The molecule has 3 heterocycles. The first-order valence-corrected chi connectivity index (χ1v) is 10.5. The van der Waals surface area contributed by atoms with Crippen LogP contribution in [-0.2, 0) is 4.74 Å². The fourth-order valence-corrected chi connectivity index (χ4v) is 4.00. The smallest absolute Gasteiger partial charge is 0.231 e. The van der Waals surface area contributed by atoms with Gasteiger partial charge in [0.1, 0.15) is 5.82 Å². The van der Waals surface area contributed by atoms with Crippen molar-refractivity contribution in [2.45, 2.75) is 6.42 Å². The quantitative estimate of drug-likeness (QED) is 0.421. The number of aromatic nitrogens is 1. The second-order valence-corrected chi connectivity index (χ2v) is 7.73. The van der Waals surface area contributed by atoms with Crippen LogP contribution in [0.15, 0.2) is 53.5 Å². The molecule has 0 unspecified atom stereocenters. The lowest BCUT2D eigenvalue weighted by Crippen LogP contribution is -2.28. The van der Waals surface area contributed by atoms with E-state index in [9.17, 15) is 4.79 Å². The minimum atomic E-state index is -0.0612. The summed E-state index contributed by atoms with van der Waals surface area (Å²) in [6.45, 7) is 3.07. The van der Waals surface area contributed by atoms with E-state index in [1.165, 1.54) is 5.01 Å². The molecule has 5 N–H and O–H groups in total. The number of hydrogen-bond acceptors (Lipinski definition) is 8. The van der Waals surface area contributed by atoms with Gasteiger partial charge in [0.2, 0.25) is 6.79 Å². The molecular weight excluding hydrogens is 410 g/mol. The van der Waals surface area contributed by atoms with Crippen LogP contribution >= 0.6 is 0 Å². The molecule has 2 aromatic carbocycles. The summed E-state index contributed by atoms with van der Waals surface area (Å²) in [7, 11) is 0. The number of H-pyrrole nitrogens is 1. The molecule has 2 aliphatic heterocycles. The van der Waals surface area contributed by atoms with E-state index in [-0.39, 0.29) is 12.2 Å². The lowest BCUT2D eigenvalue weighted by atomic mass is 10.1. The van der Waals surface area contributed by atoms with E-state index in [0.717, 1.165) is 31.9 Å². The van der Waals surface area contributed by atoms with Crippen molar-refractivity contribution >= 4 is 28.1 Å². The maximum atomic E-state index is 12.9. The number of fused-ring (bicyclic) bond motifs is 2. The summed E-state index contributed by atoms with van der Waals surface area (Å²) in [4.78, 5) is 18.4. The van der Waals surface area contributed by atoms with Crippen LogP contribution in [0.3, 0.4) is 0 Å². The maximum absolute atomic E-state index is 12.9. The van der Waals surface area contributed by atoms with Crippen LogP contribution < -0.4 is 36.4 Å². The van der Waals surface area contributed by atoms with Crippen LogP contribution in [0.25, 0.3) is 16.6 Å². The molecule has 0 saturated carbocycles. The topological polar surface area (TPSA) is 119 Å². The average molecular weight is 435 g/mol. The molecule has 5 rings (SSSR count). The van der Waals surface area contributed by atoms with E-state index in [1.54, 1.807) is 30.5 Å². The van der Waals surface area contributed by atoms with Gasteiger partial charge in [-0.1, -0.05) is 12.1 Å². The van der Waals surface area contributed by atoms with Gasteiger partial charge in [-0.15, -0.1) is 0 Å². The summed E-state index contributed by atoms with van der Waals surface area (Å²) in [6.07, 6.45) is 2.53. The lowest BCUT2D eigenvalue weighted by molar-refractivity contribution is 0.152. The first-order valence-electron chi connectivity index (χ1n) is 10.5. The molecule has 0 spiro atoms. The number of hydrogen-bond donors (Lipinski definition) is 3. The second-order valence-electron chi connectivity index (χ2n) is 7.73. The van der Waals surface area contributed by atoms with Crippen molar-refractivity contribution in [3.8, 4) is 11.5 Å². The summed E-state index contributed by atoms with van der Waals surface area (Å²) in [5.41, 5.74) is 8.86. The Hall–Kier alpha value is -3.69. The third-order valence-electron chi connectivity index (χ3n) is 5.66. The molecule has 3 aromatic rings. The molecule has 9 nitrogen and oxygen atoms in total. The second kappa shape index (κ2) is 8.45. The molecule has 2 aliphatic rings. The molecule has 0 amide bonds. The van der Waals surface area contributed by atoms with Crippen LogP contribution in [0.1, 0.15) is 12.0 Å². The predicted octanol–water partition coefficient (Wildman–Crippen LogP) is 2.12. The third-order valence-corrected chi connectivity index (χ3v) is 5.66. The number of rotatable bonds is 4. The van der Waals surface area contributed by atoms with Crippen molar-refractivity contribution < 1.29 is 14.2 Å². The molecule has 1 fully saturated rings. The first-order chi connectivity index (χ1) is 15.6. The standard InChI is InChI=1S/C23H25N5O4/c24-18(13-28(25)15-5-6-20-21(11-15)32-14-31-20)16-3-1-4-17-19(29)12-22(26-23(16)17)27-7-2-9-30-10-8-27/h1,3-6,11-13H,2,7-10,14,24-25H2,(H,26,29)/b18-13-. The fraction of sp³-hybridized carbons (Fsp3) is 0.261. The average Bonchev–Trinajstić information content (AvgIpc) is 3.10. The minimum Gasteiger partial charge on any atom is -0.454 e. The minimum absolute atomic E-state index is 0.0612. The molecule has 166 valence electrons. The molecule has 1 aromatic heterocycles. The largest absolute Gasteiger partial charge is 0.454 e. The number of nitrogens with two attached hydrogens (primary N) is 2. The zero-order valence-electron chi connectivity index (χ0n) is 17.5. The zero-order chi connectivity index (χ0) is 22.1. The molecule has 9 heteroatoms. The van der Waals surface area contributed by atoms with Gasteiger partial charge in [-0.25, -0.2) is 5.84 Å². The van der Waals surface area contributed by atoms with Crippen molar-refractivity contribution in [3.63, 3.8) is 0 Å². The predicted molar refractivity (Wildman–Crippen MR) is 124 cm³/mol. The Labute approximate surface area is 184 Å². The Bertz CT molecular complexity index is 1230. The van der Waals surface area contributed by atoms with Gasteiger partial charge in [0.05, 0.1) is 23.5 Å². The van der Waals surface area contributed by atoms with Crippen molar-refractivity contribution in [1.82, 2.24) is 4.98 Å². The van der Waals surface area contributed by atoms with Gasteiger partial charge in [-0.3, -0.25) is 9.80 Å². The molecule has 0 aliphatic carbocycles. The summed E-state index contributed by atoms with van der Waals surface area (Å²) >= 11 is 0. The summed E-state index contributed by atoms with van der Waals surface area (Å²) in [6, 6.07) is 12.5. The van der Waals surface area contributed by atoms with Crippen LogP contribution in [0.4, 0.5) is 11.5 Å². The van der Waals surface area contributed by atoms with Gasteiger partial charge in [-0.05, 0) is 24.6 Å². The molecule has 0 bridgehead atoms. The zero-order valence-corrected chi connectivity index (χ0v) is 17.5. The number of benzene rings is 2. The van der Waals surface area contributed by atoms with E-state index >= 15 is 0 Å². The Morgan fingerprint density at radius 2 is 1.97 bits per heavy atom. The molecule has 0 atom stereocenters. The number of hydrazine groups is 1. The first kappa shape index (κ1) is 20.2. The highest BCUT2D eigenvalue weighted by Gasteiger charge is 2.17. The van der Waals surface area contributed by atoms with E-state index < -0.39 is 0 Å². The van der Waals surface area contributed by atoms with Crippen LogP contribution in [0, 0.1) is 0 Å². The van der Waals surface area contributed by atoms with Crippen molar-refractivity contribution in [2.75, 3.05) is 43.0 Å². The van der Waals surface area contributed by atoms with Crippen LogP contribution in [0.5, 0.6) is 11.5 Å². The van der Waals surface area contributed by atoms with Crippen molar-refractivity contribution in [3.05, 3.63) is 64.5 Å². The van der Waals surface area contributed by atoms with Gasteiger partial charge < -0.3 is 29.8 Å². The van der Waals surface area contributed by atoms with Crippen LogP contribution in [0.2, 0.25) is 0 Å². The Morgan fingerprint density at radius 1 is 1.09 bits per heavy atom. The SMILES string of the molecule is N/C(=C\N(N)c1ccc2c(c1)OCO2)c1cccc2c(=O)cc(N3CCCOCC3)[nH]c12. The Kier molecular flexibility index (Phi) is 5.34. The number of aromatic amines is 1. The number of anilines is 2. The lowest BCUT2D eigenvalue weighted by Gasteiger charge is -2.22. The summed E-state index contributed by atoms with van der Waals surface area (Å²) < 4.78 is 16.3. The van der Waals surface area contributed by atoms with Gasteiger partial charge >= 0.3 is 0 Å². The van der Waals surface area contributed by atoms with E-state index in [4.69, 9.17) is 25.8 Å². The summed E-state index contributed by atoms with van der Waals surface area (Å²) in [5, 5.41) is 1.99. The molecule has 1 saturated heterocycles. The summed E-state index contributed by atoms with van der Waals surface area (Å²) in [5.74, 6) is 8.32. The van der Waals surface area contributed by atoms with Gasteiger partial charge in [-0.2, -0.15) is 0 Å². The third kappa shape index (κ3) is 3.83. The molecule has 32 heavy (non-hydrogen) atoms. The van der Waals surface area contributed by atoms with Gasteiger partial charge in [0, 0.05) is 49.0 Å². The van der Waals surface area contributed by atoms with E-state index in [0.29, 0.717) is 46.0 Å². The number of nitrogens with zero attached hydrogens (tertiary/aromatic N) is 2. The highest BCUT2D eigenvalue weighted by atomic mass is 16.7.